The molecule has 1 N–H and O–H groups in total. The van der Waals surface area contributed by atoms with Gasteiger partial charge in [-0.1, -0.05) is 42.5 Å². The number of nitrogens with one attached hydrogen (secondary N) is 1. The Kier molecular flexibility index (Phi) is 5.71. The quantitative estimate of drug-likeness (QED) is 0.631. The molecule has 0 unspecified atom stereocenters. The Morgan fingerprint density at radius 3 is 2.41 bits per heavy atom. The van der Waals surface area contributed by atoms with E-state index in [2.05, 4.69) is 5.32 Å². The minimum absolute atomic E-state index is 0.254. The summed E-state index contributed by atoms with van der Waals surface area (Å²) in [5, 5.41) is 16.2. The molecule has 27 heavy (non-hydrogen) atoms. The normalized spacial score (nSPS) is 18.7. The van der Waals surface area contributed by atoms with Crippen LogP contribution in [0.5, 0.6) is 0 Å². The highest BCUT2D eigenvalue weighted by Crippen LogP contribution is 2.37. The van der Waals surface area contributed by atoms with Crippen LogP contribution in [-0.2, 0) is 14.3 Å². The predicted octanol–water partition coefficient (Wildman–Crippen LogP) is 2.47. The molecule has 0 saturated heterocycles. The summed E-state index contributed by atoms with van der Waals surface area (Å²) in [6.07, 6.45) is 4.09. The van der Waals surface area contributed by atoms with Gasteiger partial charge >= 0.3 is 5.97 Å². The molecule has 1 aromatic carbocycles. The molecule has 7 heteroatoms. The topological polar surface area (TPSA) is 95.5 Å². The van der Waals surface area contributed by atoms with Crippen LogP contribution in [0, 0.1) is 11.8 Å². The molecule has 140 valence electrons. The van der Waals surface area contributed by atoms with Crippen molar-refractivity contribution < 1.29 is 24.2 Å². The van der Waals surface area contributed by atoms with Crippen molar-refractivity contribution in [2.75, 3.05) is 12.4 Å². The second kappa shape index (κ2) is 8.18. The van der Waals surface area contributed by atoms with Crippen molar-refractivity contribution in [3.05, 3.63) is 53.4 Å². The van der Waals surface area contributed by atoms with E-state index in [1.54, 1.807) is 17.5 Å². The number of anilines is 1. The average Bonchev–Trinajstić information content (AvgIpc) is 3.11. The summed E-state index contributed by atoms with van der Waals surface area (Å²) < 4.78 is 4.88. The summed E-state index contributed by atoms with van der Waals surface area (Å²) >= 11 is 1.20. The number of methoxy groups -OCH3 is 1. The molecule has 0 aliphatic heterocycles. The molecule has 2 aromatic rings. The van der Waals surface area contributed by atoms with Gasteiger partial charge in [0.2, 0.25) is 5.91 Å². The third-order valence-corrected chi connectivity index (χ3v) is 5.47. The van der Waals surface area contributed by atoms with E-state index in [-0.39, 0.29) is 12.0 Å². The first-order valence-electron chi connectivity index (χ1n) is 8.45. The third-order valence-electron chi connectivity index (χ3n) is 4.57. The van der Waals surface area contributed by atoms with E-state index in [4.69, 9.17) is 4.74 Å². The van der Waals surface area contributed by atoms with Gasteiger partial charge in [-0.25, -0.2) is 4.79 Å². The summed E-state index contributed by atoms with van der Waals surface area (Å²) in [5.74, 6) is -3.88. The number of carbonyl (C=O) groups excluding carboxylic acids is 3. The second-order valence-corrected chi connectivity index (χ2v) is 7.05. The van der Waals surface area contributed by atoms with E-state index in [9.17, 15) is 19.5 Å². The Balaban J connectivity index is 1.92. The van der Waals surface area contributed by atoms with Gasteiger partial charge < -0.3 is 20.0 Å². The minimum Gasteiger partial charge on any atom is -0.550 e. The van der Waals surface area contributed by atoms with E-state index in [1.165, 1.54) is 18.4 Å². The Morgan fingerprint density at radius 2 is 1.78 bits per heavy atom. The van der Waals surface area contributed by atoms with Crippen LogP contribution >= 0.6 is 11.3 Å². The number of ether oxygens (including phenoxy) is 1. The smallest absolute Gasteiger partial charge is 0.341 e. The van der Waals surface area contributed by atoms with Crippen molar-refractivity contribution in [1.82, 2.24) is 0 Å². The fourth-order valence-corrected chi connectivity index (χ4v) is 4.11. The number of carbonyl (C=O) groups is 3. The second-order valence-electron chi connectivity index (χ2n) is 6.18. The predicted molar refractivity (Wildman–Crippen MR) is 100 cm³/mol. The van der Waals surface area contributed by atoms with Crippen LogP contribution in [0.2, 0.25) is 0 Å². The molecular weight excluding hydrogens is 366 g/mol. The third kappa shape index (κ3) is 3.93. The number of aliphatic carboxylic acids is 1. The van der Waals surface area contributed by atoms with Crippen LogP contribution in [0.1, 0.15) is 23.2 Å². The molecule has 3 rings (SSSR count). The largest absolute Gasteiger partial charge is 0.550 e. The zero-order chi connectivity index (χ0) is 19.4. The number of rotatable bonds is 5. The summed E-state index contributed by atoms with van der Waals surface area (Å²) in [6, 6.07) is 9.29. The molecule has 1 aromatic heterocycles. The Hall–Kier alpha value is -2.93. The lowest BCUT2D eigenvalue weighted by Crippen LogP contribution is -2.41. The first-order valence-corrected chi connectivity index (χ1v) is 9.32. The van der Waals surface area contributed by atoms with E-state index in [0.717, 1.165) is 5.56 Å². The summed E-state index contributed by atoms with van der Waals surface area (Å²) in [6.45, 7) is 0. The van der Waals surface area contributed by atoms with Crippen LogP contribution in [0.15, 0.2) is 47.9 Å². The lowest BCUT2D eigenvalue weighted by atomic mass is 9.82. The first kappa shape index (κ1) is 18.8. The van der Waals surface area contributed by atoms with Crippen LogP contribution < -0.4 is 10.4 Å². The number of benzene rings is 1. The van der Waals surface area contributed by atoms with Crippen molar-refractivity contribution in [2.45, 2.75) is 12.8 Å². The Morgan fingerprint density at radius 1 is 1.11 bits per heavy atom. The molecular formula is C20H18NO5S-. The van der Waals surface area contributed by atoms with E-state index >= 15 is 0 Å². The molecule has 1 aliphatic rings. The van der Waals surface area contributed by atoms with Gasteiger partial charge in [0.05, 0.1) is 13.0 Å². The van der Waals surface area contributed by atoms with Gasteiger partial charge in [0.25, 0.3) is 0 Å². The van der Waals surface area contributed by atoms with Gasteiger partial charge in [-0.05, 0) is 18.4 Å². The number of allylic oxidation sites excluding steroid dienone is 2. The standard InChI is InChI=1S/C20H19NO5S/c1-26-20(25)16-15(12-7-3-2-4-8-12)11-27-18(16)21-17(22)13-9-5-6-10-14(13)19(23)24/h2-8,11,13-14H,9-10H2,1H3,(H,21,22)(H,23,24)/p-1/t13-,14-/m0/s1. The molecule has 1 heterocycles. The van der Waals surface area contributed by atoms with Crippen LogP contribution in [0.4, 0.5) is 5.00 Å². The maximum Gasteiger partial charge on any atom is 0.341 e. The highest BCUT2D eigenvalue weighted by Gasteiger charge is 2.31. The SMILES string of the molecule is COC(=O)c1c(-c2ccccc2)csc1NC(=O)[C@H]1CC=CC[C@@H]1C(=O)[O-]. The zero-order valence-corrected chi connectivity index (χ0v) is 15.5. The highest BCUT2D eigenvalue weighted by molar-refractivity contribution is 7.15. The Bertz CT molecular complexity index is 887. The monoisotopic (exact) mass is 384 g/mol. The van der Waals surface area contributed by atoms with Crippen LogP contribution in [0.3, 0.4) is 0 Å². The number of esters is 1. The molecule has 0 bridgehead atoms. The number of carboxylic acids is 1. The van der Waals surface area contributed by atoms with Crippen molar-refractivity contribution in [2.24, 2.45) is 11.8 Å². The number of carboxylic acid groups (broad SMARTS) is 1. The molecule has 0 saturated carbocycles. The fourth-order valence-electron chi connectivity index (χ4n) is 3.15. The van der Waals surface area contributed by atoms with Gasteiger partial charge in [0, 0.05) is 22.8 Å². The molecule has 0 radical (unpaired) electrons. The molecule has 2 atom stereocenters. The summed E-state index contributed by atoms with van der Waals surface area (Å²) in [4.78, 5) is 36.4. The van der Waals surface area contributed by atoms with Crippen molar-refractivity contribution in [1.29, 1.82) is 0 Å². The number of hydrogen-bond donors (Lipinski definition) is 1. The number of hydrogen-bond acceptors (Lipinski definition) is 6. The molecule has 6 nitrogen and oxygen atoms in total. The lowest BCUT2D eigenvalue weighted by Gasteiger charge is -2.28. The average molecular weight is 384 g/mol. The molecule has 1 aliphatic carbocycles. The van der Waals surface area contributed by atoms with E-state index < -0.39 is 29.7 Å². The minimum atomic E-state index is -1.25. The first-order chi connectivity index (χ1) is 13.0. The van der Waals surface area contributed by atoms with Gasteiger partial charge in [0.1, 0.15) is 10.6 Å². The van der Waals surface area contributed by atoms with E-state index in [0.29, 0.717) is 17.0 Å². The van der Waals surface area contributed by atoms with Crippen LogP contribution in [-0.4, -0.2) is 25.0 Å². The van der Waals surface area contributed by atoms with Gasteiger partial charge in [-0.15, -0.1) is 11.3 Å². The van der Waals surface area contributed by atoms with Gasteiger partial charge in [0.15, 0.2) is 0 Å². The number of thiophene rings is 1. The maximum absolute atomic E-state index is 12.7. The highest BCUT2D eigenvalue weighted by atomic mass is 32.1. The van der Waals surface area contributed by atoms with Crippen LogP contribution in [0.25, 0.3) is 11.1 Å². The van der Waals surface area contributed by atoms with E-state index in [1.807, 2.05) is 30.3 Å². The van der Waals surface area contributed by atoms with Crippen molar-refractivity contribution >= 4 is 34.2 Å². The van der Waals surface area contributed by atoms with Gasteiger partial charge in [-0.3, -0.25) is 4.79 Å². The Labute approximate surface area is 160 Å². The van der Waals surface area contributed by atoms with Crippen molar-refractivity contribution in [3.63, 3.8) is 0 Å². The fraction of sp³-hybridized carbons (Fsp3) is 0.250. The molecule has 0 fully saturated rings. The zero-order valence-electron chi connectivity index (χ0n) is 14.6. The van der Waals surface area contributed by atoms with Gasteiger partial charge in [-0.2, -0.15) is 0 Å². The molecule has 1 amide bonds. The summed E-state index contributed by atoms with van der Waals surface area (Å²) in [5.41, 5.74) is 1.74. The lowest BCUT2D eigenvalue weighted by molar-refractivity contribution is -0.313. The summed E-state index contributed by atoms with van der Waals surface area (Å²) in [7, 11) is 1.28. The molecule has 0 spiro atoms. The maximum atomic E-state index is 12.7. The van der Waals surface area contributed by atoms with Crippen molar-refractivity contribution in [3.8, 4) is 11.1 Å². The number of amides is 1.